The molecule has 1 fully saturated rings. The molecule has 0 radical (unpaired) electrons. The van der Waals surface area contributed by atoms with Crippen LogP contribution in [0, 0.1) is 0 Å². The summed E-state index contributed by atoms with van der Waals surface area (Å²) >= 11 is 1.41. The van der Waals surface area contributed by atoms with Crippen molar-refractivity contribution in [1.29, 1.82) is 0 Å². The Morgan fingerprint density at radius 3 is 2.39 bits per heavy atom. The molecule has 1 aliphatic heterocycles. The zero-order chi connectivity index (χ0) is 34.2. The number of hydrogen-bond acceptors (Lipinski definition) is 7. The van der Waals surface area contributed by atoms with Crippen molar-refractivity contribution in [2.24, 2.45) is 0 Å². The fourth-order valence-corrected chi connectivity index (χ4v) is 6.66. The topological polar surface area (TPSA) is 103 Å². The number of imidazole rings is 1. The average molecular weight is 675 g/mol. The van der Waals surface area contributed by atoms with Crippen LogP contribution in [0.2, 0.25) is 0 Å². The van der Waals surface area contributed by atoms with Crippen molar-refractivity contribution in [3.8, 4) is 0 Å². The monoisotopic (exact) mass is 674 g/mol. The summed E-state index contributed by atoms with van der Waals surface area (Å²) in [6.45, 7) is 4.16. The molecule has 5 aromatic rings. The third-order valence-corrected chi connectivity index (χ3v) is 9.75. The van der Waals surface area contributed by atoms with Gasteiger partial charge in [0.15, 0.2) is 0 Å². The molecule has 10 heteroatoms. The van der Waals surface area contributed by atoms with Crippen LogP contribution in [-0.4, -0.2) is 52.2 Å². The average Bonchev–Trinajstić information content (AvgIpc) is 3.84. The lowest BCUT2D eigenvalue weighted by atomic mass is 9.91. The Labute approximate surface area is 291 Å². The number of benzene rings is 3. The summed E-state index contributed by atoms with van der Waals surface area (Å²) in [5, 5.41) is 19.0. The van der Waals surface area contributed by atoms with Crippen molar-refractivity contribution in [3.05, 3.63) is 125 Å². The minimum Gasteiger partial charge on any atom is -0.388 e. The number of unbranched alkanes of at least 4 members (excludes halogenated alkanes) is 1. The number of rotatable bonds is 12. The molecule has 0 atom stereocenters. The van der Waals surface area contributed by atoms with E-state index in [0.29, 0.717) is 35.5 Å². The van der Waals surface area contributed by atoms with Crippen LogP contribution in [0.25, 0.3) is 6.08 Å². The maximum Gasteiger partial charge on any atom is 0.265 e. The first-order valence-electron chi connectivity index (χ1n) is 16.6. The Morgan fingerprint density at radius 2 is 1.71 bits per heavy atom. The van der Waals surface area contributed by atoms with Gasteiger partial charge in [-0.15, -0.1) is 11.3 Å². The lowest BCUT2D eigenvalue weighted by Gasteiger charge is -2.39. The Morgan fingerprint density at radius 1 is 0.980 bits per heavy atom. The molecule has 3 N–H and O–H groups in total. The standard InChI is InChI=1S/C39H42N6O3S/c1-3-4-5-7-30-26-32(13-18-35(30)43(2)33-16-11-31(12-17-33)41-38(47)36-8-6-25-49-36)42-37(46)29-9-14-34(15-10-29)45-22-19-39(48,20-23-45)27-44-24-21-40-28-44/h5-18,21,24-26,28,48H,3-4,19-20,22-23,27H2,1-2H3,(H,41,47)(H,42,46)/b7-5+. The predicted octanol–water partition coefficient (Wildman–Crippen LogP) is 8.06. The highest BCUT2D eigenvalue weighted by molar-refractivity contribution is 7.12. The van der Waals surface area contributed by atoms with Gasteiger partial charge in [0.05, 0.1) is 23.4 Å². The van der Waals surface area contributed by atoms with E-state index in [1.165, 1.54) is 11.3 Å². The second-order valence-electron chi connectivity index (χ2n) is 12.4. The van der Waals surface area contributed by atoms with E-state index < -0.39 is 5.60 Å². The summed E-state index contributed by atoms with van der Waals surface area (Å²) in [6.07, 6.45) is 12.9. The van der Waals surface area contributed by atoms with Crippen molar-refractivity contribution in [3.63, 3.8) is 0 Å². The van der Waals surface area contributed by atoms with Gasteiger partial charge in [0.2, 0.25) is 0 Å². The van der Waals surface area contributed by atoms with Crippen LogP contribution in [0.3, 0.4) is 0 Å². The fraction of sp³-hybridized carbons (Fsp3) is 0.256. The summed E-state index contributed by atoms with van der Waals surface area (Å²) in [5.74, 6) is -0.295. The van der Waals surface area contributed by atoms with Gasteiger partial charge in [0, 0.05) is 66.5 Å². The van der Waals surface area contributed by atoms with Gasteiger partial charge in [0.25, 0.3) is 11.8 Å². The quantitative estimate of drug-likeness (QED) is 0.124. The smallest absolute Gasteiger partial charge is 0.265 e. The maximum atomic E-state index is 13.3. The molecule has 1 aliphatic rings. The molecule has 2 aromatic heterocycles. The van der Waals surface area contributed by atoms with E-state index in [2.05, 4.69) is 44.5 Å². The van der Waals surface area contributed by atoms with Crippen molar-refractivity contribution < 1.29 is 14.7 Å². The van der Waals surface area contributed by atoms with Crippen LogP contribution >= 0.6 is 11.3 Å². The summed E-state index contributed by atoms with van der Waals surface area (Å²) in [5.41, 5.74) is 5.24. The van der Waals surface area contributed by atoms with Gasteiger partial charge in [-0.1, -0.05) is 31.6 Å². The first kappa shape index (κ1) is 33.7. The normalized spacial score (nSPS) is 14.1. The predicted molar refractivity (Wildman–Crippen MR) is 200 cm³/mol. The molecule has 3 aromatic carbocycles. The number of carbonyl (C=O) groups excluding carboxylic acids is 2. The van der Waals surface area contributed by atoms with E-state index >= 15 is 0 Å². The van der Waals surface area contributed by atoms with Gasteiger partial charge in [-0.05, 0) is 103 Å². The van der Waals surface area contributed by atoms with Crippen LogP contribution in [-0.2, 0) is 6.54 Å². The third kappa shape index (κ3) is 8.46. The number of piperidine rings is 1. The molecule has 0 saturated carbocycles. The van der Waals surface area contributed by atoms with E-state index in [-0.39, 0.29) is 11.8 Å². The Bertz CT molecular complexity index is 1860. The van der Waals surface area contributed by atoms with Gasteiger partial charge < -0.3 is 30.1 Å². The van der Waals surface area contributed by atoms with E-state index in [1.54, 1.807) is 18.6 Å². The molecule has 1 saturated heterocycles. The van der Waals surface area contributed by atoms with Crippen molar-refractivity contribution >= 4 is 57.7 Å². The Balaban J connectivity index is 1.10. The van der Waals surface area contributed by atoms with Crippen LogP contribution < -0.4 is 20.4 Å². The summed E-state index contributed by atoms with van der Waals surface area (Å²) in [6, 6.07) is 25.0. The maximum absolute atomic E-state index is 13.3. The van der Waals surface area contributed by atoms with Gasteiger partial charge in [-0.25, -0.2) is 4.98 Å². The highest BCUT2D eigenvalue weighted by Crippen LogP contribution is 2.32. The zero-order valence-corrected chi connectivity index (χ0v) is 28.7. The molecule has 0 spiro atoms. The number of aromatic nitrogens is 2. The van der Waals surface area contributed by atoms with Gasteiger partial charge in [0.1, 0.15) is 0 Å². The number of nitrogens with one attached hydrogen (secondary N) is 2. The molecule has 9 nitrogen and oxygen atoms in total. The zero-order valence-electron chi connectivity index (χ0n) is 27.9. The highest BCUT2D eigenvalue weighted by Gasteiger charge is 2.32. The number of thiophene rings is 1. The molecule has 2 amide bonds. The Kier molecular flexibility index (Phi) is 10.6. The lowest BCUT2D eigenvalue weighted by molar-refractivity contribution is -0.0000793. The summed E-state index contributed by atoms with van der Waals surface area (Å²) < 4.78 is 1.93. The van der Waals surface area contributed by atoms with E-state index in [9.17, 15) is 14.7 Å². The Hall–Kier alpha value is -5.19. The number of anilines is 5. The largest absolute Gasteiger partial charge is 0.388 e. The number of carbonyl (C=O) groups is 2. The fourth-order valence-electron chi connectivity index (χ4n) is 6.04. The minimum atomic E-state index is -0.750. The second-order valence-corrected chi connectivity index (χ2v) is 13.4. The van der Waals surface area contributed by atoms with Crippen LogP contribution in [0.1, 0.15) is 58.2 Å². The number of hydrogen-bond donors (Lipinski definition) is 3. The molecular weight excluding hydrogens is 633 g/mol. The van der Waals surface area contributed by atoms with Gasteiger partial charge in [-0.2, -0.15) is 0 Å². The molecule has 49 heavy (non-hydrogen) atoms. The molecule has 0 bridgehead atoms. The molecule has 0 aliphatic carbocycles. The van der Waals surface area contributed by atoms with Crippen LogP contribution in [0.4, 0.5) is 28.4 Å². The van der Waals surface area contributed by atoms with Crippen LogP contribution in [0.5, 0.6) is 0 Å². The number of amides is 2. The minimum absolute atomic E-state index is 0.119. The third-order valence-electron chi connectivity index (χ3n) is 8.88. The number of aliphatic hydroxyl groups is 1. The van der Waals surface area contributed by atoms with E-state index in [4.69, 9.17) is 0 Å². The molecule has 6 rings (SSSR count). The van der Waals surface area contributed by atoms with Crippen molar-refractivity contribution in [2.45, 2.75) is 44.8 Å². The van der Waals surface area contributed by atoms with Crippen molar-refractivity contribution in [1.82, 2.24) is 9.55 Å². The van der Waals surface area contributed by atoms with E-state index in [1.807, 2.05) is 96.0 Å². The van der Waals surface area contributed by atoms with E-state index in [0.717, 1.165) is 54.2 Å². The number of nitrogens with zero attached hydrogens (tertiary/aromatic N) is 4. The summed E-state index contributed by atoms with van der Waals surface area (Å²) in [4.78, 5) is 34.9. The SMILES string of the molecule is CCC/C=C/c1cc(NC(=O)c2ccc(N3CCC(O)(Cn4ccnc4)CC3)cc2)ccc1N(C)c1ccc(NC(=O)c2cccs2)cc1. The summed E-state index contributed by atoms with van der Waals surface area (Å²) in [7, 11) is 2.01. The van der Waals surface area contributed by atoms with Crippen molar-refractivity contribution in [2.75, 3.05) is 40.6 Å². The second kappa shape index (κ2) is 15.4. The highest BCUT2D eigenvalue weighted by atomic mass is 32.1. The lowest BCUT2D eigenvalue weighted by Crippen LogP contribution is -2.46. The van der Waals surface area contributed by atoms with Gasteiger partial charge >= 0.3 is 0 Å². The first-order chi connectivity index (χ1) is 23.8. The van der Waals surface area contributed by atoms with Crippen LogP contribution in [0.15, 0.2) is 109 Å². The molecule has 3 heterocycles. The molecular formula is C39H42N6O3S. The first-order valence-corrected chi connectivity index (χ1v) is 17.5. The van der Waals surface area contributed by atoms with Gasteiger partial charge in [-0.3, -0.25) is 9.59 Å². The molecule has 252 valence electrons. The molecule has 0 unspecified atom stereocenters. The number of allylic oxidation sites excluding steroid dienone is 1.